The minimum absolute atomic E-state index is 0.249. The van der Waals surface area contributed by atoms with Crippen molar-refractivity contribution in [3.8, 4) is 39.5 Å². The molecule has 0 saturated heterocycles. The van der Waals surface area contributed by atoms with Crippen molar-refractivity contribution in [3.05, 3.63) is 65.4 Å². The van der Waals surface area contributed by atoms with Crippen molar-refractivity contribution in [2.24, 2.45) is 0 Å². The van der Waals surface area contributed by atoms with Gasteiger partial charge >= 0.3 is 0 Å². The zero-order valence-electron chi connectivity index (χ0n) is 14.9. The molecular weight excluding hydrogens is 326 g/mol. The molecule has 0 aliphatic rings. The highest BCUT2D eigenvalue weighted by molar-refractivity contribution is 5.82. The summed E-state index contributed by atoms with van der Waals surface area (Å²) in [6.07, 6.45) is 0. The Morgan fingerprint density at radius 1 is 1.00 bits per heavy atom. The van der Waals surface area contributed by atoms with E-state index in [1.54, 1.807) is 0 Å². The lowest BCUT2D eigenvalue weighted by molar-refractivity contribution is 0.400. The minimum atomic E-state index is 0.249. The quantitative estimate of drug-likeness (QED) is 0.546. The summed E-state index contributed by atoms with van der Waals surface area (Å²) in [5, 5.41) is 22.1. The molecule has 4 aromatic rings. The lowest BCUT2D eigenvalue weighted by Crippen LogP contribution is -1.85. The summed E-state index contributed by atoms with van der Waals surface area (Å²) in [6.45, 7) is 5.77. The number of rotatable bonds is 3. The van der Waals surface area contributed by atoms with Gasteiger partial charge in [-0.2, -0.15) is 5.10 Å². The Kier molecular flexibility index (Phi) is 3.84. The van der Waals surface area contributed by atoms with Crippen LogP contribution in [0, 0.1) is 20.8 Å². The highest BCUT2D eigenvalue weighted by atomic mass is 16.5. The van der Waals surface area contributed by atoms with Crippen LogP contribution in [-0.2, 0) is 0 Å². The van der Waals surface area contributed by atoms with Gasteiger partial charge in [0, 0.05) is 11.1 Å². The van der Waals surface area contributed by atoms with Crippen molar-refractivity contribution >= 4 is 0 Å². The van der Waals surface area contributed by atoms with E-state index in [0.717, 1.165) is 33.6 Å². The van der Waals surface area contributed by atoms with Crippen LogP contribution in [0.5, 0.6) is 5.75 Å². The molecule has 0 spiro atoms. The molecule has 0 radical (unpaired) electrons. The second kappa shape index (κ2) is 6.19. The average molecular weight is 345 g/mol. The maximum absolute atomic E-state index is 10.4. The van der Waals surface area contributed by atoms with Crippen LogP contribution >= 0.6 is 0 Å². The molecule has 0 aliphatic carbocycles. The number of hydrogen-bond donors (Lipinski definition) is 2. The predicted molar refractivity (Wildman–Crippen MR) is 101 cm³/mol. The van der Waals surface area contributed by atoms with Crippen LogP contribution < -0.4 is 0 Å². The van der Waals surface area contributed by atoms with Gasteiger partial charge in [0.1, 0.15) is 17.2 Å². The monoisotopic (exact) mass is 345 g/mol. The number of aryl methyl sites for hydroxylation is 3. The molecule has 2 aromatic heterocycles. The highest BCUT2D eigenvalue weighted by Crippen LogP contribution is 2.37. The van der Waals surface area contributed by atoms with Crippen LogP contribution in [0.25, 0.3) is 33.8 Å². The topological polar surface area (TPSA) is 74.9 Å². The van der Waals surface area contributed by atoms with Gasteiger partial charge in [-0.05, 0) is 44.0 Å². The molecule has 0 atom stereocenters. The second-order valence-electron chi connectivity index (χ2n) is 6.47. The summed E-state index contributed by atoms with van der Waals surface area (Å²) in [7, 11) is 0. The summed E-state index contributed by atoms with van der Waals surface area (Å²) in [6, 6.07) is 15.7. The first-order valence-electron chi connectivity index (χ1n) is 8.42. The third-order valence-corrected chi connectivity index (χ3v) is 4.48. The van der Waals surface area contributed by atoms with Gasteiger partial charge in [0.25, 0.3) is 0 Å². The maximum Gasteiger partial charge on any atom is 0.143 e. The third-order valence-electron chi connectivity index (χ3n) is 4.48. The van der Waals surface area contributed by atoms with E-state index in [1.807, 2.05) is 69.3 Å². The van der Waals surface area contributed by atoms with Gasteiger partial charge in [-0.1, -0.05) is 41.6 Å². The number of H-pyrrole nitrogens is 1. The van der Waals surface area contributed by atoms with Crippen LogP contribution in [0.15, 0.2) is 53.1 Å². The molecule has 0 bridgehead atoms. The van der Waals surface area contributed by atoms with Crippen molar-refractivity contribution in [1.29, 1.82) is 0 Å². The van der Waals surface area contributed by atoms with Crippen molar-refractivity contribution < 1.29 is 9.63 Å². The van der Waals surface area contributed by atoms with Gasteiger partial charge in [0.2, 0.25) is 0 Å². The molecule has 5 nitrogen and oxygen atoms in total. The Balaban J connectivity index is 1.83. The number of aromatic hydroxyl groups is 1. The number of hydrogen-bond acceptors (Lipinski definition) is 4. The van der Waals surface area contributed by atoms with Gasteiger partial charge in [-0.3, -0.25) is 5.10 Å². The number of phenolic OH excluding ortho intramolecular Hbond substituents is 1. The zero-order valence-corrected chi connectivity index (χ0v) is 14.9. The van der Waals surface area contributed by atoms with E-state index in [4.69, 9.17) is 4.52 Å². The SMILES string of the molecule is Cc1cc(C)c(O)c(-c2cc(-c3c(-c4ccccc4)noc3C)[nH]n2)c1. The lowest BCUT2D eigenvalue weighted by atomic mass is 10.0. The second-order valence-corrected chi connectivity index (χ2v) is 6.47. The first kappa shape index (κ1) is 16.1. The molecule has 5 heteroatoms. The highest BCUT2D eigenvalue weighted by Gasteiger charge is 2.20. The van der Waals surface area contributed by atoms with E-state index in [0.29, 0.717) is 17.0 Å². The standard InChI is InChI=1S/C21H19N3O2/c1-12-9-13(2)21(25)16(10-12)17-11-18(23-22-17)19-14(3)26-24-20(19)15-7-5-4-6-8-15/h4-11,25H,1-3H3,(H,22,23). The summed E-state index contributed by atoms with van der Waals surface area (Å²) < 4.78 is 5.43. The molecule has 0 aliphatic heterocycles. The Bertz CT molecular complexity index is 1080. The fourth-order valence-corrected chi connectivity index (χ4v) is 3.23. The first-order chi connectivity index (χ1) is 12.5. The van der Waals surface area contributed by atoms with Gasteiger partial charge in [0.05, 0.1) is 17.0 Å². The average Bonchev–Trinajstić information content (AvgIpc) is 3.25. The molecule has 4 rings (SSSR count). The summed E-state index contributed by atoms with van der Waals surface area (Å²) in [5.74, 6) is 0.961. The fraction of sp³-hybridized carbons (Fsp3) is 0.143. The number of phenols is 1. The number of nitrogens with zero attached hydrogens (tertiary/aromatic N) is 2. The molecule has 0 fully saturated rings. The molecule has 2 N–H and O–H groups in total. The smallest absolute Gasteiger partial charge is 0.143 e. The molecule has 0 unspecified atom stereocenters. The summed E-state index contributed by atoms with van der Waals surface area (Å²) in [5.41, 5.74) is 6.72. The van der Waals surface area contributed by atoms with E-state index in [1.165, 1.54) is 0 Å². The van der Waals surface area contributed by atoms with Gasteiger partial charge < -0.3 is 9.63 Å². The molecule has 2 aromatic carbocycles. The molecule has 26 heavy (non-hydrogen) atoms. The van der Waals surface area contributed by atoms with Gasteiger partial charge in [0.15, 0.2) is 0 Å². The van der Waals surface area contributed by atoms with E-state index >= 15 is 0 Å². The van der Waals surface area contributed by atoms with Crippen molar-refractivity contribution in [2.45, 2.75) is 20.8 Å². The van der Waals surface area contributed by atoms with E-state index in [-0.39, 0.29) is 5.75 Å². The molecule has 2 heterocycles. The lowest BCUT2D eigenvalue weighted by Gasteiger charge is -2.06. The van der Waals surface area contributed by atoms with Crippen LogP contribution in [-0.4, -0.2) is 20.5 Å². The molecule has 0 saturated carbocycles. The van der Waals surface area contributed by atoms with E-state index in [9.17, 15) is 5.11 Å². The largest absolute Gasteiger partial charge is 0.507 e. The summed E-state index contributed by atoms with van der Waals surface area (Å²) >= 11 is 0. The first-order valence-corrected chi connectivity index (χ1v) is 8.42. The zero-order chi connectivity index (χ0) is 18.3. The fourth-order valence-electron chi connectivity index (χ4n) is 3.23. The maximum atomic E-state index is 10.4. The van der Waals surface area contributed by atoms with Crippen LogP contribution in [0.3, 0.4) is 0 Å². The summed E-state index contributed by atoms with van der Waals surface area (Å²) in [4.78, 5) is 0. The van der Waals surface area contributed by atoms with Crippen molar-refractivity contribution in [2.75, 3.05) is 0 Å². The Labute approximate surface area is 151 Å². The Hall–Kier alpha value is -3.34. The number of nitrogens with one attached hydrogen (secondary N) is 1. The van der Waals surface area contributed by atoms with Gasteiger partial charge in [-0.15, -0.1) is 0 Å². The molecule has 0 amide bonds. The minimum Gasteiger partial charge on any atom is -0.507 e. The molecular formula is C21H19N3O2. The third kappa shape index (κ3) is 2.67. The predicted octanol–water partition coefficient (Wildman–Crippen LogP) is 5.03. The van der Waals surface area contributed by atoms with Crippen molar-refractivity contribution in [1.82, 2.24) is 15.4 Å². The van der Waals surface area contributed by atoms with Crippen LogP contribution in [0.1, 0.15) is 16.9 Å². The van der Waals surface area contributed by atoms with Crippen LogP contribution in [0.4, 0.5) is 0 Å². The molecule has 130 valence electrons. The van der Waals surface area contributed by atoms with E-state index < -0.39 is 0 Å². The number of aromatic nitrogens is 3. The van der Waals surface area contributed by atoms with Gasteiger partial charge in [-0.25, -0.2) is 0 Å². The number of aromatic amines is 1. The Morgan fingerprint density at radius 2 is 1.77 bits per heavy atom. The van der Waals surface area contributed by atoms with Crippen LogP contribution in [0.2, 0.25) is 0 Å². The van der Waals surface area contributed by atoms with E-state index in [2.05, 4.69) is 15.4 Å². The normalized spacial score (nSPS) is 11.0. The van der Waals surface area contributed by atoms with Crippen molar-refractivity contribution in [3.63, 3.8) is 0 Å². The Morgan fingerprint density at radius 3 is 2.54 bits per heavy atom. The number of benzene rings is 2.